The summed E-state index contributed by atoms with van der Waals surface area (Å²) in [5.74, 6) is -0.793. The number of anilines is 1. The Morgan fingerprint density at radius 2 is 1.63 bits per heavy atom. The van der Waals surface area contributed by atoms with Crippen LogP contribution in [0.4, 0.5) is 5.69 Å². The van der Waals surface area contributed by atoms with E-state index in [0.29, 0.717) is 11.3 Å². The van der Waals surface area contributed by atoms with E-state index in [-0.39, 0.29) is 22.8 Å². The molecule has 2 rings (SSSR count). The van der Waals surface area contributed by atoms with Crippen molar-refractivity contribution < 1.29 is 20.1 Å². The minimum Gasteiger partial charge on any atom is -0.508 e. The number of carbonyl (C=O) groups is 1. The average molecular weight is 259 g/mol. The van der Waals surface area contributed by atoms with Crippen LogP contribution in [0.3, 0.4) is 0 Å². The van der Waals surface area contributed by atoms with Crippen molar-refractivity contribution in [2.45, 2.75) is 6.92 Å². The zero-order valence-corrected chi connectivity index (χ0v) is 10.2. The smallest absolute Gasteiger partial charge is 0.259 e. The number of rotatable bonds is 2. The van der Waals surface area contributed by atoms with Gasteiger partial charge in [0.25, 0.3) is 5.91 Å². The highest BCUT2D eigenvalue weighted by atomic mass is 16.3. The molecule has 19 heavy (non-hydrogen) atoms. The maximum absolute atomic E-state index is 12.0. The number of phenols is 3. The summed E-state index contributed by atoms with van der Waals surface area (Å²) in [5, 5.41) is 30.7. The number of nitrogens with one attached hydrogen (secondary N) is 1. The van der Waals surface area contributed by atoms with E-state index in [1.165, 1.54) is 24.3 Å². The quantitative estimate of drug-likeness (QED) is 0.623. The summed E-state index contributed by atoms with van der Waals surface area (Å²) in [6.07, 6.45) is 0. The number of amides is 1. The Balaban J connectivity index is 2.25. The second kappa shape index (κ2) is 4.89. The van der Waals surface area contributed by atoms with Gasteiger partial charge in [-0.3, -0.25) is 4.79 Å². The van der Waals surface area contributed by atoms with Crippen molar-refractivity contribution in [2.24, 2.45) is 0 Å². The van der Waals surface area contributed by atoms with Crippen LogP contribution in [-0.2, 0) is 0 Å². The zero-order chi connectivity index (χ0) is 14.0. The molecule has 0 saturated carbocycles. The van der Waals surface area contributed by atoms with Crippen LogP contribution < -0.4 is 5.32 Å². The monoisotopic (exact) mass is 259 g/mol. The lowest BCUT2D eigenvalue weighted by Crippen LogP contribution is -2.12. The Hall–Kier alpha value is -2.69. The predicted molar refractivity (Wildman–Crippen MR) is 70.6 cm³/mol. The first-order chi connectivity index (χ1) is 8.97. The Labute approximate surface area is 109 Å². The fraction of sp³-hybridized carbons (Fsp3) is 0.0714. The van der Waals surface area contributed by atoms with Crippen LogP contribution >= 0.6 is 0 Å². The van der Waals surface area contributed by atoms with Crippen molar-refractivity contribution >= 4 is 11.6 Å². The summed E-state index contributed by atoms with van der Waals surface area (Å²) < 4.78 is 0. The Morgan fingerprint density at radius 1 is 1.00 bits per heavy atom. The van der Waals surface area contributed by atoms with Gasteiger partial charge in [0.1, 0.15) is 17.2 Å². The SMILES string of the molecule is Cc1cc(O)ccc1NC(=O)c1ccc(O)cc1O. The van der Waals surface area contributed by atoms with Gasteiger partial charge in [-0.2, -0.15) is 0 Å². The van der Waals surface area contributed by atoms with Gasteiger partial charge in [-0.05, 0) is 42.8 Å². The van der Waals surface area contributed by atoms with Crippen molar-refractivity contribution in [3.63, 3.8) is 0 Å². The third-order valence-electron chi connectivity index (χ3n) is 2.68. The molecule has 1 amide bonds. The third-order valence-corrected chi connectivity index (χ3v) is 2.68. The molecule has 0 aromatic heterocycles. The number of aryl methyl sites for hydroxylation is 1. The van der Waals surface area contributed by atoms with Gasteiger partial charge < -0.3 is 20.6 Å². The molecule has 2 aromatic carbocycles. The average Bonchev–Trinajstić information content (AvgIpc) is 2.32. The van der Waals surface area contributed by atoms with Crippen LogP contribution in [-0.4, -0.2) is 21.2 Å². The first-order valence-corrected chi connectivity index (χ1v) is 5.60. The topological polar surface area (TPSA) is 89.8 Å². The van der Waals surface area contributed by atoms with Crippen LogP contribution in [0, 0.1) is 6.92 Å². The first kappa shape index (κ1) is 12.8. The highest BCUT2D eigenvalue weighted by Crippen LogP contribution is 2.25. The Morgan fingerprint density at radius 3 is 2.26 bits per heavy atom. The van der Waals surface area contributed by atoms with E-state index in [0.717, 1.165) is 6.07 Å². The van der Waals surface area contributed by atoms with Crippen molar-refractivity contribution in [3.8, 4) is 17.2 Å². The normalized spacial score (nSPS) is 10.2. The van der Waals surface area contributed by atoms with E-state index in [1.807, 2.05) is 0 Å². The molecule has 98 valence electrons. The van der Waals surface area contributed by atoms with E-state index >= 15 is 0 Å². The molecule has 5 heteroatoms. The van der Waals surface area contributed by atoms with Gasteiger partial charge in [-0.15, -0.1) is 0 Å². The minimum atomic E-state index is -0.494. The molecule has 4 N–H and O–H groups in total. The molecule has 0 fully saturated rings. The van der Waals surface area contributed by atoms with Crippen LogP contribution in [0.25, 0.3) is 0 Å². The molecule has 0 spiro atoms. The van der Waals surface area contributed by atoms with E-state index in [2.05, 4.69) is 5.32 Å². The van der Waals surface area contributed by atoms with Crippen LogP contribution in [0.1, 0.15) is 15.9 Å². The summed E-state index contributed by atoms with van der Waals surface area (Å²) >= 11 is 0. The van der Waals surface area contributed by atoms with Crippen molar-refractivity contribution in [1.82, 2.24) is 0 Å². The molecule has 0 aliphatic carbocycles. The van der Waals surface area contributed by atoms with Gasteiger partial charge in [-0.25, -0.2) is 0 Å². The number of hydrogen-bond donors (Lipinski definition) is 4. The second-order valence-electron chi connectivity index (χ2n) is 4.15. The lowest BCUT2D eigenvalue weighted by atomic mass is 10.1. The molecule has 0 saturated heterocycles. The molecule has 0 aliphatic heterocycles. The Bertz CT molecular complexity index is 637. The molecule has 0 atom stereocenters. The highest BCUT2D eigenvalue weighted by Gasteiger charge is 2.12. The number of phenolic OH excluding ortho intramolecular Hbond substituents is 3. The fourth-order valence-electron chi connectivity index (χ4n) is 1.69. The number of aromatic hydroxyl groups is 3. The van der Waals surface area contributed by atoms with Gasteiger partial charge in [0.15, 0.2) is 0 Å². The molecule has 2 aromatic rings. The van der Waals surface area contributed by atoms with Gasteiger partial charge in [0, 0.05) is 11.8 Å². The maximum Gasteiger partial charge on any atom is 0.259 e. The number of carbonyl (C=O) groups excluding carboxylic acids is 1. The molecule has 0 aliphatic rings. The van der Waals surface area contributed by atoms with Crippen molar-refractivity contribution in [1.29, 1.82) is 0 Å². The van der Waals surface area contributed by atoms with Crippen molar-refractivity contribution in [2.75, 3.05) is 5.32 Å². The molecule has 0 radical (unpaired) electrons. The first-order valence-electron chi connectivity index (χ1n) is 5.60. The summed E-state index contributed by atoms with van der Waals surface area (Å²) in [5.41, 5.74) is 1.30. The molecule has 0 bridgehead atoms. The summed E-state index contributed by atoms with van der Waals surface area (Å²) in [6, 6.07) is 8.29. The van der Waals surface area contributed by atoms with Gasteiger partial charge in [0.05, 0.1) is 5.56 Å². The lowest BCUT2D eigenvalue weighted by Gasteiger charge is -2.09. The molecule has 5 nitrogen and oxygen atoms in total. The highest BCUT2D eigenvalue weighted by molar-refractivity contribution is 6.06. The van der Waals surface area contributed by atoms with Gasteiger partial charge in [0.2, 0.25) is 0 Å². The molecule has 0 heterocycles. The maximum atomic E-state index is 12.0. The molecular weight excluding hydrogens is 246 g/mol. The minimum absolute atomic E-state index is 0.0604. The standard InChI is InChI=1S/C14H13NO4/c1-8-6-9(16)3-5-12(8)15-14(19)11-4-2-10(17)7-13(11)18/h2-7,16-18H,1H3,(H,15,19). The molecule has 0 unspecified atom stereocenters. The third kappa shape index (κ3) is 2.77. The Kier molecular flexibility index (Phi) is 3.29. The van der Waals surface area contributed by atoms with Gasteiger partial charge >= 0.3 is 0 Å². The van der Waals surface area contributed by atoms with E-state index < -0.39 is 5.91 Å². The largest absolute Gasteiger partial charge is 0.508 e. The fourth-order valence-corrected chi connectivity index (χ4v) is 1.69. The van der Waals surface area contributed by atoms with E-state index in [9.17, 15) is 15.0 Å². The van der Waals surface area contributed by atoms with Gasteiger partial charge in [-0.1, -0.05) is 0 Å². The van der Waals surface area contributed by atoms with E-state index in [1.54, 1.807) is 13.0 Å². The van der Waals surface area contributed by atoms with E-state index in [4.69, 9.17) is 5.11 Å². The molecular formula is C14H13NO4. The van der Waals surface area contributed by atoms with Crippen LogP contribution in [0.2, 0.25) is 0 Å². The van der Waals surface area contributed by atoms with Crippen LogP contribution in [0.15, 0.2) is 36.4 Å². The predicted octanol–water partition coefficient (Wildman–Crippen LogP) is 2.36. The second-order valence-corrected chi connectivity index (χ2v) is 4.15. The number of hydrogen-bond acceptors (Lipinski definition) is 4. The zero-order valence-electron chi connectivity index (χ0n) is 10.2. The number of benzene rings is 2. The lowest BCUT2D eigenvalue weighted by molar-refractivity contribution is 0.102. The van der Waals surface area contributed by atoms with Crippen LogP contribution in [0.5, 0.6) is 17.2 Å². The summed E-state index contributed by atoms with van der Waals surface area (Å²) in [4.78, 5) is 12.0. The summed E-state index contributed by atoms with van der Waals surface area (Å²) in [7, 11) is 0. The summed E-state index contributed by atoms with van der Waals surface area (Å²) in [6.45, 7) is 1.74. The van der Waals surface area contributed by atoms with Crippen molar-refractivity contribution in [3.05, 3.63) is 47.5 Å².